The Morgan fingerprint density at radius 2 is 2.17 bits per heavy atom. The van der Waals surface area contributed by atoms with E-state index in [9.17, 15) is 4.79 Å². The SMILES string of the molecule is O=C(/C=C\C1=CCCCO1)OCc1ccccc1. The number of hydrogen-bond donors (Lipinski definition) is 0. The van der Waals surface area contributed by atoms with Crippen LogP contribution in [0.5, 0.6) is 0 Å². The van der Waals surface area contributed by atoms with Gasteiger partial charge >= 0.3 is 5.97 Å². The van der Waals surface area contributed by atoms with E-state index in [0.717, 1.165) is 30.8 Å². The molecule has 1 aromatic carbocycles. The molecule has 0 bridgehead atoms. The van der Waals surface area contributed by atoms with Gasteiger partial charge in [-0.15, -0.1) is 0 Å². The molecule has 1 aliphatic rings. The monoisotopic (exact) mass is 244 g/mol. The highest BCUT2D eigenvalue weighted by Crippen LogP contribution is 2.10. The standard InChI is InChI=1S/C15H16O3/c16-15(10-9-14-8-4-5-11-17-14)18-12-13-6-2-1-3-7-13/h1-3,6-10H,4-5,11-12H2/b10-9-. The highest BCUT2D eigenvalue weighted by atomic mass is 16.5. The van der Waals surface area contributed by atoms with Crippen molar-refractivity contribution < 1.29 is 14.3 Å². The van der Waals surface area contributed by atoms with E-state index < -0.39 is 0 Å². The second kappa shape index (κ2) is 6.64. The minimum Gasteiger partial charge on any atom is -0.494 e. The molecule has 0 aliphatic carbocycles. The summed E-state index contributed by atoms with van der Waals surface area (Å²) >= 11 is 0. The minimum absolute atomic E-state index is 0.296. The van der Waals surface area contributed by atoms with Crippen LogP contribution < -0.4 is 0 Å². The highest BCUT2D eigenvalue weighted by Gasteiger charge is 2.02. The molecule has 0 N–H and O–H groups in total. The Kier molecular flexibility index (Phi) is 4.59. The number of esters is 1. The lowest BCUT2D eigenvalue weighted by Gasteiger charge is -2.10. The molecule has 0 aromatic heterocycles. The summed E-state index contributed by atoms with van der Waals surface area (Å²) in [6.45, 7) is 1.01. The summed E-state index contributed by atoms with van der Waals surface area (Å²) in [4.78, 5) is 11.5. The fourth-order valence-corrected chi connectivity index (χ4v) is 1.62. The Labute approximate surface area is 107 Å². The second-order valence-corrected chi connectivity index (χ2v) is 4.02. The average molecular weight is 244 g/mol. The van der Waals surface area contributed by atoms with E-state index in [1.54, 1.807) is 6.08 Å². The molecule has 0 fully saturated rings. The topological polar surface area (TPSA) is 35.5 Å². The molecule has 2 rings (SSSR count). The van der Waals surface area contributed by atoms with Gasteiger partial charge in [0.1, 0.15) is 12.4 Å². The molecule has 0 unspecified atom stereocenters. The third kappa shape index (κ3) is 4.09. The zero-order valence-electron chi connectivity index (χ0n) is 10.2. The lowest BCUT2D eigenvalue weighted by Crippen LogP contribution is -2.02. The minimum atomic E-state index is -0.353. The lowest BCUT2D eigenvalue weighted by molar-refractivity contribution is -0.139. The van der Waals surface area contributed by atoms with E-state index in [-0.39, 0.29) is 5.97 Å². The first kappa shape index (κ1) is 12.4. The van der Waals surface area contributed by atoms with Crippen LogP contribution in [0.25, 0.3) is 0 Å². The van der Waals surface area contributed by atoms with Gasteiger partial charge in [-0.05, 0) is 30.6 Å². The molecule has 0 saturated heterocycles. The van der Waals surface area contributed by atoms with Gasteiger partial charge in [-0.3, -0.25) is 0 Å². The Morgan fingerprint density at radius 1 is 1.33 bits per heavy atom. The molecule has 0 spiro atoms. The van der Waals surface area contributed by atoms with Crippen LogP contribution in [-0.2, 0) is 20.9 Å². The summed E-state index contributed by atoms with van der Waals surface area (Å²) in [6.07, 6.45) is 7.07. The van der Waals surface area contributed by atoms with Crippen LogP contribution in [0.3, 0.4) is 0 Å². The first-order chi connectivity index (χ1) is 8.84. The first-order valence-corrected chi connectivity index (χ1v) is 6.06. The maximum Gasteiger partial charge on any atom is 0.331 e. The fraction of sp³-hybridized carbons (Fsp3) is 0.267. The Hall–Kier alpha value is -2.03. The summed E-state index contributed by atoms with van der Waals surface area (Å²) < 4.78 is 10.5. The summed E-state index contributed by atoms with van der Waals surface area (Å²) in [5, 5.41) is 0. The van der Waals surface area contributed by atoms with Crippen molar-refractivity contribution >= 4 is 5.97 Å². The van der Waals surface area contributed by atoms with Crippen LogP contribution in [0.15, 0.2) is 54.3 Å². The number of allylic oxidation sites excluding steroid dienone is 2. The zero-order valence-corrected chi connectivity index (χ0v) is 10.2. The zero-order chi connectivity index (χ0) is 12.6. The summed E-state index contributed by atoms with van der Waals surface area (Å²) in [5.41, 5.74) is 0.979. The van der Waals surface area contributed by atoms with E-state index in [1.165, 1.54) is 6.08 Å². The van der Waals surface area contributed by atoms with Crippen molar-refractivity contribution in [3.05, 3.63) is 59.9 Å². The van der Waals surface area contributed by atoms with Gasteiger partial charge in [-0.1, -0.05) is 30.3 Å². The Morgan fingerprint density at radius 3 is 2.89 bits per heavy atom. The Balaban J connectivity index is 1.78. The number of carbonyl (C=O) groups excluding carboxylic acids is 1. The van der Waals surface area contributed by atoms with Gasteiger partial charge in [-0.2, -0.15) is 0 Å². The molecule has 0 saturated carbocycles. The molecule has 0 radical (unpaired) electrons. The van der Waals surface area contributed by atoms with E-state index in [0.29, 0.717) is 6.61 Å². The van der Waals surface area contributed by atoms with Crippen LogP contribution >= 0.6 is 0 Å². The molecule has 0 amide bonds. The van der Waals surface area contributed by atoms with Crippen molar-refractivity contribution in [3.63, 3.8) is 0 Å². The molecular weight excluding hydrogens is 228 g/mol. The molecule has 94 valence electrons. The number of rotatable bonds is 4. The van der Waals surface area contributed by atoms with Crippen molar-refractivity contribution in [2.75, 3.05) is 6.61 Å². The van der Waals surface area contributed by atoms with Gasteiger partial charge in [0.05, 0.1) is 6.61 Å². The normalized spacial score (nSPS) is 15.0. The molecule has 0 atom stereocenters. The van der Waals surface area contributed by atoms with Crippen molar-refractivity contribution in [2.45, 2.75) is 19.4 Å². The van der Waals surface area contributed by atoms with Gasteiger partial charge in [0.2, 0.25) is 0 Å². The number of ether oxygens (including phenoxy) is 2. The average Bonchev–Trinajstić information content (AvgIpc) is 2.45. The molecule has 1 heterocycles. The van der Waals surface area contributed by atoms with Crippen LogP contribution in [0.2, 0.25) is 0 Å². The third-order valence-electron chi connectivity index (χ3n) is 2.57. The summed E-state index contributed by atoms with van der Waals surface area (Å²) in [6, 6.07) is 9.60. The van der Waals surface area contributed by atoms with E-state index in [4.69, 9.17) is 9.47 Å². The maximum absolute atomic E-state index is 11.5. The summed E-state index contributed by atoms with van der Waals surface area (Å²) in [7, 11) is 0. The van der Waals surface area contributed by atoms with Crippen LogP contribution in [0.4, 0.5) is 0 Å². The van der Waals surface area contributed by atoms with Gasteiger partial charge in [0.15, 0.2) is 0 Å². The Bertz CT molecular complexity index is 446. The molecule has 3 nitrogen and oxygen atoms in total. The predicted molar refractivity (Wildman–Crippen MR) is 68.6 cm³/mol. The van der Waals surface area contributed by atoms with Crippen LogP contribution in [-0.4, -0.2) is 12.6 Å². The predicted octanol–water partition coefficient (Wildman–Crippen LogP) is 2.98. The van der Waals surface area contributed by atoms with Gasteiger partial charge in [-0.25, -0.2) is 4.79 Å². The summed E-state index contributed by atoms with van der Waals surface area (Å²) in [5.74, 6) is 0.395. The first-order valence-electron chi connectivity index (χ1n) is 6.06. The van der Waals surface area contributed by atoms with E-state index in [1.807, 2.05) is 36.4 Å². The smallest absolute Gasteiger partial charge is 0.331 e. The van der Waals surface area contributed by atoms with Gasteiger partial charge in [0, 0.05) is 6.08 Å². The van der Waals surface area contributed by atoms with E-state index >= 15 is 0 Å². The molecule has 1 aromatic rings. The van der Waals surface area contributed by atoms with Crippen molar-refractivity contribution in [1.82, 2.24) is 0 Å². The number of benzene rings is 1. The number of hydrogen-bond acceptors (Lipinski definition) is 3. The highest BCUT2D eigenvalue weighted by molar-refractivity contribution is 5.82. The molecular formula is C15H16O3. The van der Waals surface area contributed by atoms with Crippen LogP contribution in [0, 0.1) is 0 Å². The third-order valence-corrected chi connectivity index (χ3v) is 2.57. The molecule has 18 heavy (non-hydrogen) atoms. The van der Waals surface area contributed by atoms with Crippen molar-refractivity contribution in [1.29, 1.82) is 0 Å². The fourth-order valence-electron chi connectivity index (χ4n) is 1.62. The maximum atomic E-state index is 11.5. The second-order valence-electron chi connectivity index (χ2n) is 4.02. The van der Waals surface area contributed by atoms with E-state index in [2.05, 4.69) is 0 Å². The lowest BCUT2D eigenvalue weighted by atomic mass is 10.2. The quantitative estimate of drug-likeness (QED) is 0.603. The van der Waals surface area contributed by atoms with Crippen LogP contribution in [0.1, 0.15) is 18.4 Å². The largest absolute Gasteiger partial charge is 0.494 e. The molecule has 1 aliphatic heterocycles. The van der Waals surface area contributed by atoms with Gasteiger partial charge in [0.25, 0.3) is 0 Å². The van der Waals surface area contributed by atoms with Crippen molar-refractivity contribution in [3.8, 4) is 0 Å². The van der Waals surface area contributed by atoms with Gasteiger partial charge < -0.3 is 9.47 Å². The molecule has 3 heteroatoms. The number of carbonyl (C=O) groups is 1. The van der Waals surface area contributed by atoms with Crippen molar-refractivity contribution in [2.24, 2.45) is 0 Å².